The lowest BCUT2D eigenvalue weighted by molar-refractivity contribution is -0.130. The van der Waals surface area contributed by atoms with Crippen molar-refractivity contribution < 1.29 is 14.3 Å². The van der Waals surface area contributed by atoms with Gasteiger partial charge in [-0.05, 0) is 67.6 Å². The number of benzene rings is 3. The van der Waals surface area contributed by atoms with Crippen molar-refractivity contribution in [2.75, 3.05) is 13.6 Å². The van der Waals surface area contributed by atoms with Crippen molar-refractivity contribution in [1.82, 2.24) is 15.5 Å². The lowest BCUT2D eigenvalue weighted by atomic mass is 9.90. The first-order chi connectivity index (χ1) is 19.8. The van der Waals surface area contributed by atoms with Crippen LogP contribution in [0, 0.1) is 5.92 Å². The first kappa shape index (κ1) is 30.3. The Balaban J connectivity index is 1.47. The normalized spacial score (nSPS) is 18.9. The number of hydrogen-bond donors (Lipinski definition) is 3. The van der Waals surface area contributed by atoms with E-state index < -0.39 is 12.1 Å². The number of likely N-dealkylation sites (N-methyl/N-ethyl adjacent to an activating group) is 1. The van der Waals surface area contributed by atoms with Gasteiger partial charge < -0.3 is 21.1 Å². The molecule has 7 heteroatoms. The molecule has 7 nitrogen and oxygen atoms in total. The van der Waals surface area contributed by atoms with Crippen molar-refractivity contribution >= 4 is 11.8 Å². The second kappa shape index (κ2) is 14.8. The van der Waals surface area contributed by atoms with E-state index in [0.717, 1.165) is 36.3 Å². The monoisotopic (exact) mass is 556 g/mol. The first-order valence-electron chi connectivity index (χ1n) is 14.7. The molecule has 218 valence electrons. The van der Waals surface area contributed by atoms with Gasteiger partial charge in [-0.25, -0.2) is 0 Å². The molecule has 2 amide bonds. The van der Waals surface area contributed by atoms with E-state index in [1.54, 1.807) is 0 Å². The highest BCUT2D eigenvalue weighted by molar-refractivity contribution is 5.90. The third-order valence-corrected chi connectivity index (χ3v) is 7.66. The minimum atomic E-state index is -0.750. The van der Waals surface area contributed by atoms with Gasteiger partial charge in [-0.1, -0.05) is 86.6 Å². The van der Waals surface area contributed by atoms with Crippen LogP contribution in [-0.4, -0.2) is 48.4 Å². The van der Waals surface area contributed by atoms with Crippen molar-refractivity contribution in [2.45, 2.75) is 70.3 Å². The van der Waals surface area contributed by atoms with Gasteiger partial charge in [0.25, 0.3) is 0 Å². The summed E-state index contributed by atoms with van der Waals surface area (Å²) in [4.78, 5) is 29.1. The summed E-state index contributed by atoms with van der Waals surface area (Å²) in [6.07, 6.45) is 2.77. The number of piperidine rings is 1. The smallest absolute Gasteiger partial charge is 0.243 e. The van der Waals surface area contributed by atoms with Gasteiger partial charge in [0.05, 0.1) is 12.1 Å². The van der Waals surface area contributed by atoms with Crippen molar-refractivity contribution in [3.8, 4) is 5.75 Å². The van der Waals surface area contributed by atoms with E-state index in [1.165, 1.54) is 5.56 Å². The van der Waals surface area contributed by atoms with E-state index in [0.29, 0.717) is 19.4 Å². The molecule has 1 fully saturated rings. The van der Waals surface area contributed by atoms with Gasteiger partial charge in [-0.15, -0.1) is 0 Å². The minimum Gasteiger partial charge on any atom is -0.489 e. The molecule has 4 unspecified atom stereocenters. The number of amides is 2. The third kappa shape index (κ3) is 8.90. The van der Waals surface area contributed by atoms with Crippen LogP contribution in [0.5, 0.6) is 5.75 Å². The molecule has 1 aliphatic rings. The molecule has 0 bridgehead atoms. The van der Waals surface area contributed by atoms with Crippen molar-refractivity contribution in [2.24, 2.45) is 11.7 Å². The number of nitrogens with two attached hydrogens (primary N) is 1. The summed E-state index contributed by atoms with van der Waals surface area (Å²) in [5.74, 6) is 0.524. The summed E-state index contributed by atoms with van der Waals surface area (Å²) in [6.45, 7) is 5.51. The van der Waals surface area contributed by atoms with Crippen LogP contribution < -0.4 is 21.1 Å². The Bertz CT molecular complexity index is 1230. The average Bonchev–Trinajstić information content (AvgIpc) is 2.97. The van der Waals surface area contributed by atoms with Crippen LogP contribution in [0.1, 0.15) is 55.8 Å². The molecule has 0 saturated carbocycles. The molecule has 4 N–H and O–H groups in total. The Morgan fingerprint density at radius 2 is 1.59 bits per heavy atom. The lowest BCUT2D eigenvalue weighted by Gasteiger charge is -2.40. The predicted molar refractivity (Wildman–Crippen MR) is 163 cm³/mol. The number of carbonyl (C=O) groups excluding carboxylic acids is 2. The molecule has 0 radical (unpaired) electrons. The second-order valence-corrected chi connectivity index (χ2v) is 11.5. The van der Waals surface area contributed by atoms with E-state index in [1.807, 2.05) is 86.6 Å². The zero-order valence-corrected chi connectivity index (χ0v) is 24.5. The maximum absolute atomic E-state index is 13.8. The Morgan fingerprint density at radius 3 is 2.24 bits per heavy atom. The molecule has 3 aromatic rings. The van der Waals surface area contributed by atoms with E-state index in [9.17, 15) is 9.59 Å². The van der Waals surface area contributed by atoms with E-state index in [2.05, 4.69) is 34.7 Å². The fourth-order valence-electron chi connectivity index (χ4n) is 5.54. The number of nitrogens with one attached hydrogen (secondary N) is 2. The standard InChI is InChI=1S/C34H44N4O3/c1-24(2)21-29(35)33(39)37-31(22-25-16-18-28(19-17-25)41-23-26-11-6-4-7-12-26)34(40)36-30-15-10-20-38(3)32(30)27-13-8-5-9-14-27/h4-9,11-14,16-19,24,29-32H,10,15,20-23,35H2,1-3H3,(H,36,40)(H,37,39). The summed E-state index contributed by atoms with van der Waals surface area (Å²) in [7, 11) is 2.10. The Kier molecular flexibility index (Phi) is 10.9. The number of likely N-dealkylation sites (tertiary alicyclic amines) is 1. The zero-order chi connectivity index (χ0) is 29.2. The van der Waals surface area contributed by atoms with Crippen molar-refractivity contribution in [3.05, 3.63) is 102 Å². The maximum Gasteiger partial charge on any atom is 0.243 e. The summed E-state index contributed by atoms with van der Waals surface area (Å²) in [6, 6.07) is 26.6. The quantitative estimate of drug-likeness (QED) is 0.303. The van der Waals surface area contributed by atoms with Crippen LogP contribution in [0.15, 0.2) is 84.9 Å². The summed E-state index contributed by atoms with van der Waals surface area (Å²) < 4.78 is 5.93. The molecule has 0 aliphatic carbocycles. The third-order valence-electron chi connectivity index (χ3n) is 7.66. The molecule has 1 aliphatic heterocycles. The van der Waals surface area contributed by atoms with Gasteiger partial charge in [-0.2, -0.15) is 0 Å². The van der Waals surface area contributed by atoms with E-state index >= 15 is 0 Å². The maximum atomic E-state index is 13.8. The molecule has 3 aromatic carbocycles. The Labute approximate surface area is 244 Å². The van der Waals surface area contributed by atoms with Crippen LogP contribution >= 0.6 is 0 Å². The fourth-order valence-corrected chi connectivity index (χ4v) is 5.54. The van der Waals surface area contributed by atoms with Gasteiger partial charge in [0.2, 0.25) is 11.8 Å². The summed E-state index contributed by atoms with van der Waals surface area (Å²) in [5.41, 5.74) is 9.39. The van der Waals surface area contributed by atoms with Crippen LogP contribution in [-0.2, 0) is 22.6 Å². The van der Waals surface area contributed by atoms with Crippen molar-refractivity contribution in [3.63, 3.8) is 0 Å². The number of carbonyl (C=O) groups is 2. The molecule has 41 heavy (non-hydrogen) atoms. The summed E-state index contributed by atoms with van der Waals surface area (Å²) >= 11 is 0. The molecule has 0 aromatic heterocycles. The van der Waals surface area contributed by atoms with Crippen LogP contribution in [0.2, 0.25) is 0 Å². The van der Waals surface area contributed by atoms with Crippen LogP contribution in [0.4, 0.5) is 0 Å². The highest BCUT2D eigenvalue weighted by Crippen LogP contribution is 2.30. The number of ether oxygens (including phenoxy) is 1. The Morgan fingerprint density at radius 1 is 0.927 bits per heavy atom. The predicted octanol–water partition coefficient (Wildman–Crippen LogP) is 4.62. The van der Waals surface area contributed by atoms with Crippen LogP contribution in [0.25, 0.3) is 0 Å². The highest BCUT2D eigenvalue weighted by Gasteiger charge is 2.34. The zero-order valence-electron chi connectivity index (χ0n) is 24.5. The number of hydrogen-bond acceptors (Lipinski definition) is 5. The molecule has 1 saturated heterocycles. The van der Waals surface area contributed by atoms with Gasteiger partial charge in [0.1, 0.15) is 18.4 Å². The molecule has 4 rings (SSSR count). The number of rotatable bonds is 12. The largest absolute Gasteiger partial charge is 0.489 e. The van der Waals surface area contributed by atoms with Gasteiger partial charge in [0, 0.05) is 12.5 Å². The molecule has 4 atom stereocenters. The lowest BCUT2D eigenvalue weighted by Crippen LogP contribution is -2.56. The topological polar surface area (TPSA) is 96.7 Å². The van der Waals surface area contributed by atoms with Gasteiger partial charge in [0.15, 0.2) is 0 Å². The van der Waals surface area contributed by atoms with E-state index in [-0.39, 0.29) is 29.8 Å². The van der Waals surface area contributed by atoms with Gasteiger partial charge in [-0.3, -0.25) is 14.5 Å². The van der Waals surface area contributed by atoms with Gasteiger partial charge >= 0.3 is 0 Å². The van der Waals surface area contributed by atoms with E-state index in [4.69, 9.17) is 10.5 Å². The van der Waals surface area contributed by atoms with Crippen LogP contribution in [0.3, 0.4) is 0 Å². The number of nitrogens with zero attached hydrogens (tertiary/aromatic N) is 1. The summed E-state index contributed by atoms with van der Waals surface area (Å²) in [5, 5.41) is 6.26. The molecule has 0 spiro atoms. The first-order valence-corrected chi connectivity index (χ1v) is 14.7. The second-order valence-electron chi connectivity index (χ2n) is 11.5. The Hall–Kier alpha value is -3.68. The highest BCUT2D eigenvalue weighted by atomic mass is 16.5. The molecular formula is C34H44N4O3. The molecule has 1 heterocycles. The minimum absolute atomic E-state index is 0.0643. The fraction of sp³-hybridized carbons (Fsp3) is 0.412. The molecular weight excluding hydrogens is 512 g/mol. The average molecular weight is 557 g/mol. The SMILES string of the molecule is CC(C)CC(N)C(=O)NC(Cc1ccc(OCc2ccccc2)cc1)C(=O)NC1CCCN(C)C1c1ccccc1. The van der Waals surface area contributed by atoms with Crippen molar-refractivity contribution in [1.29, 1.82) is 0 Å².